The Morgan fingerprint density at radius 3 is 2.66 bits per heavy atom. The van der Waals surface area contributed by atoms with Crippen molar-refractivity contribution in [3.05, 3.63) is 52.7 Å². The van der Waals surface area contributed by atoms with E-state index in [1.807, 2.05) is 11.6 Å². The van der Waals surface area contributed by atoms with Gasteiger partial charge in [-0.05, 0) is 49.7 Å². The minimum atomic E-state index is -0.274. The SMILES string of the molecule is C1=NCCS1.CCN1CCC=C(c2cc3c(Nc4cc5ncsc5cc4F)ccnc3s2)C1C.O.O.[Pd].[W]. The standard InChI is InChI=1S/C22H21FN4S2.C3H5NS.2H2O.Pd.W/c1-3-27-8-4-5-14(13(27)2)20-9-15-17(6-7-24-22(15)29-20)26-18-11-19-21(10-16(18)23)28-12-25-19;1-2-5-3-4-1;;;;/h5-7,9-13H,3-4,8H2,1-2H3,(H,24,26);3H,1-2H2;2*1H2;;. The number of anilines is 2. The number of hydrogen-bond donors (Lipinski definition) is 1. The van der Waals surface area contributed by atoms with E-state index in [4.69, 9.17) is 0 Å². The minimum absolute atomic E-state index is 0. The third-order valence-corrected chi connectivity index (χ3v) is 8.68. The molecule has 4 aromatic rings. The smallest absolute Gasteiger partial charge is 0.148 e. The molecule has 38 heavy (non-hydrogen) atoms. The molecule has 208 valence electrons. The summed E-state index contributed by atoms with van der Waals surface area (Å²) in [6.07, 6.45) is 5.20. The number of nitrogens with zero attached hydrogens (tertiary/aromatic N) is 4. The molecule has 1 atom stereocenters. The summed E-state index contributed by atoms with van der Waals surface area (Å²) in [6.45, 7) is 7.67. The first kappa shape index (κ1) is 35.0. The van der Waals surface area contributed by atoms with Gasteiger partial charge in [-0.2, -0.15) is 0 Å². The summed E-state index contributed by atoms with van der Waals surface area (Å²) in [4.78, 5) is 17.5. The van der Waals surface area contributed by atoms with E-state index in [1.165, 1.54) is 27.5 Å². The zero-order chi connectivity index (χ0) is 23.5. The Bertz CT molecular complexity index is 1380. The van der Waals surface area contributed by atoms with E-state index in [2.05, 4.69) is 51.2 Å². The van der Waals surface area contributed by atoms with Crippen molar-refractivity contribution < 1.29 is 56.8 Å². The van der Waals surface area contributed by atoms with E-state index in [0.717, 1.165) is 52.2 Å². The van der Waals surface area contributed by atoms with Gasteiger partial charge in [-0.1, -0.05) is 13.0 Å². The molecule has 0 amide bonds. The zero-order valence-corrected chi connectivity index (χ0v) is 27.8. The fourth-order valence-corrected chi connectivity index (χ4v) is 6.62. The van der Waals surface area contributed by atoms with E-state index >= 15 is 0 Å². The van der Waals surface area contributed by atoms with Crippen LogP contribution in [-0.4, -0.2) is 62.8 Å². The molecule has 0 saturated heterocycles. The van der Waals surface area contributed by atoms with Gasteiger partial charge >= 0.3 is 0 Å². The molecule has 1 unspecified atom stereocenters. The third kappa shape index (κ3) is 7.78. The predicted octanol–water partition coefficient (Wildman–Crippen LogP) is 5.39. The summed E-state index contributed by atoms with van der Waals surface area (Å²) >= 11 is 4.93. The van der Waals surface area contributed by atoms with Gasteiger partial charge in [-0.25, -0.2) is 14.4 Å². The molecular formula is C25H30FN5O2PdS3W. The second-order valence-electron chi connectivity index (χ2n) is 8.10. The molecule has 0 fully saturated rings. The number of thiophene rings is 1. The second-order valence-corrected chi connectivity index (χ2v) is 11.0. The molecule has 5 N–H and O–H groups in total. The van der Waals surface area contributed by atoms with Gasteiger partial charge in [-0.15, -0.1) is 34.4 Å². The summed E-state index contributed by atoms with van der Waals surface area (Å²) in [5, 5.41) is 4.29. The number of pyridine rings is 1. The van der Waals surface area contributed by atoms with Gasteiger partial charge in [0.1, 0.15) is 10.6 Å². The molecule has 0 bridgehead atoms. The van der Waals surface area contributed by atoms with Crippen LogP contribution in [0.4, 0.5) is 15.8 Å². The number of aromatic nitrogens is 2. The van der Waals surface area contributed by atoms with Crippen molar-refractivity contribution in [3.8, 4) is 0 Å². The van der Waals surface area contributed by atoms with Gasteiger partial charge in [0.25, 0.3) is 0 Å². The molecule has 0 spiro atoms. The first-order valence-electron chi connectivity index (χ1n) is 11.4. The van der Waals surface area contributed by atoms with Crippen molar-refractivity contribution in [1.82, 2.24) is 14.9 Å². The molecule has 0 saturated carbocycles. The maximum Gasteiger partial charge on any atom is 0.148 e. The van der Waals surface area contributed by atoms with Crippen LogP contribution in [-0.2, 0) is 41.5 Å². The monoisotopic (exact) mass is 837 g/mol. The summed E-state index contributed by atoms with van der Waals surface area (Å²) in [5.74, 6) is 0.921. The largest absolute Gasteiger partial charge is 0.412 e. The number of hydrogen-bond acceptors (Lipinski definition) is 8. The summed E-state index contributed by atoms with van der Waals surface area (Å²) < 4.78 is 15.5. The topological polar surface area (TPSA) is 116 Å². The van der Waals surface area contributed by atoms with Crippen LogP contribution in [0, 0.1) is 5.82 Å². The van der Waals surface area contributed by atoms with Gasteiger partial charge < -0.3 is 16.3 Å². The van der Waals surface area contributed by atoms with Crippen molar-refractivity contribution >= 4 is 77.4 Å². The van der Waals surface area contributed by atoms with Crippen LogP contribution < -0.4 is 5.32 Å². The van der Waals surface area contributed by atoms with Crippen LogP contribution in [0.1, 0.15) is 25.1 Å². The van der Waals surface area contributed by atoms with E-state index < -0.39 is 0 Å². The van der Waals surface area contributed by atoms with Crippen molar-refractivity contribution in [2.45, 2.75) is 26.3 Å². The van der Waals surface area contributed by atoms with Crippen LogP contribution in [0.3, 0.4) is 0 Å². The van der Waals surface area contributed by atoms with Gasteiger partial charge in [0.2, 0.25) is 0 Å². The maximum absolute atomic E-state index is 14.6. The third-order valence-electron chi connectivity index (χ3n) is 6.08. The number of fused-ring (bicyclic) bond motifs is 2. The molecule has 5 heterocycles. The van der Waals surface area contributed by atoms with Crippen molar-refractivity contribution in [2.24, 2.45) is 4.99 Å². The first-order chi connectivity index (χ1) is 16.6. The zero-order valence-electron chi connectivity index (χ0n) is 20.8. The molecule has 7 nitrogen and oxygen atoms in total. The Balaban J connectivity index is 0.000000725. The van der Waals surface area contributed by atoms with Gasteiger partial charge in [0.15, 0.2) is 0 Å². The second kappa shape index (κ2) is 16.3. The summed E-state index contributed by atoms with van der Waals surface area (Å²) in [7, 11) is 0. The number of aliphatic imine (C=N–C) groups is 1. The fraction of sp³-hybridized carbons (Fsp3) is 0.320. The number of thioether (sulfide) groups is 1. The number of thiazole rings is 1. The van der Waals surface area contributed by atoms with Crippen LogP contribution in [0.15, 0.2) is 47.0 Å². The number of nitrogens with one attached hydrogen (secondary N) is 1. The van der Waals surface area contributed by atoms with Crippen LogP contribution >= 0.6 is 34.4 Å². The van der Waals surface area contributed by atoms with Crippen molar-refractivity contribution in [3.63, 3.8) is 0 Å². The molecule has 13 heteroatoms. The Morgan fingerprint density at radius 1 is 1.16 bits per heavy atom. The quantitative estimate of drug-likeness (QED) is 0.277. The Kier molecular flexibility index (Phi) is 15.0. The van der Waals surface area contributed by atoms with Crippen molar-refractivity contribution in [1.29, 1.82) is 0 Å². The van der Waals surface area contributed by atoms with E-state index in [9.17, 15) is 4.39 Å². The summed E-state index contributed by atoms with van der Waals surface area (Å²) in [6, 6.07) is 7.80. The number of halogens is 1. The minimum Gasteiger partial charge on any atom is -0.412 e. The van der Waals surface area contributed by atoms with Crippen LogP contribution in [0.5, 0.6) is 0 Å². The molecule has 1 aromatic carbocycles. The van der Waals surface area contributed by atoms with E-state index in [-0.39, 0.29) is 58.3 Å². The van der Waals surface area contributed by atoms with Gasteiger partial charge in [-0.3, -0.25) is 9.89 Å². The number of benzene rings is 1. The molecule has 0 radical (unpaired) electrons. The Labute approximate surface area is 262 Å². The number of rotatable bonds is 4. The Hall–Kier alpha value is -1.06. The van der Waals surface area contributed by atoms with E-state index in [1.54, 1.807) is 46.9 Å². The number of likely N-dealkylation sites (N-methyl/N-ethyl adjacent to an activating group) is 1. The van der Waals surface area contributed by atoms with Crippen LogP contribution in [0.25, 0.3) is 26.0 Å². The molecule has 2 aliphatic heterocycles. The average molecular weight is 838 g/mol. The molecule has 6 rings (SSSR count). The van der Waals surface area contributed by atoms with Gasteiger partial charge in [0.05, 0.1) is 32.6 Å². The predicted molar refractivity (Wildman–Crippen MR) is 155 cm³/mol. The average Bonchev–Trinajstić information content (AvgIpc) is 3.62. The maximum atomic E-state index is 14.6. The molecule has 3 aromatic heterocycles. The van der Waals surface area contributed by atoms with Gasteiger partial charge in [0, 0.05) is 82.8 Å². The fourth-order valence-electron chi connectivity index (χ4n) is 4.26. The van der Waals surface area contributed by atoms with Crippen LogP contribution in [0.2, 0.25) is 0 Å². The summed E-state index contributed by atoms with van der Waals surface area (Å²) in [5.41, 5.74) is 7.11. The Morgan fingerprint density at radius 2 is 1.97 bits per heavy atom. The first-order valence-corrected chi connectivity index (χ1v) is 14.1. The molecule has 2 aliphatic rings. The van der Waals surface area contributed by atoms with Crippen molar-refractivity contribution in [2.75, 3.05) is 30.7 Å². The molecule has 0 aliphatic carbocycles. The normalized spacial score (nSPS) is 16.3. The molecular weight excluding hydrogens is 808 g/mol. The van der Waals surface area contributed by atoms with E-state index in [0.29, 0.717) is 11.7 Å².